The topological polar surface area (TPSA) is 72.5 Å². The Hall–Kier alpha value is -2.17. The van der Waals surface area contributed by atoms with Crippen molar-refractivity contribution in [3.05, 3.63) is 35.9 Å². The molecule has 0 spiro atoms. The van der Waals surface area contributed by atoms with Crippen molar-refractivity contribution in [2.45, 2.75) is 6.92 Å². The summed E-state index contributed by atoms with van der Waals surface area (Å²) >= 11 is 0. The van der Waals surface area contributed by atoms with E-state index < -0.39 is 5.97 Å². The standard InChI is InChI=1S/C7H6O.C5H9NO3/c8-6-7-4-2-1-3-5-7;1-4(7)6-3-5(8)9-2/h1-6H;3H2,1-2H3,(H,6,7). The fourth-order valence-electron chi connectivity index (χ4n) is 0.800. The van der Waals surface area contributed by atoms with Gasteiger partial charge in [-0.1, -0.05) is 30.3 Å². The van der Waals surface area contributed by atoms with Crippen LogP contribution in [-0.4, -0.2) is 31.8 Å². The molecular weight excluding hydrogens is 222 g/mol. The zero-order valence-corrected chi connectivity index (χ0v) is 9.80. The van der Waals surface area contributed by atoms with Crippen molar-refractivity contribution >= 4 is 18.2 Å². The molecule has 0 fully saturated rings. The normalized spacial score (nSPS) is 8.35. The monoisotopic (exact) mass is 237 g/mol. The van der Waals surface area contributed by atoms with Crippen LogP contribution in [-0.2, 0) is 14.3 Å². The van der Waals surface area contributed by atoms with E-state index in [4.69, 9.17) is 0 Å². The number of rotatable bonds is 3. The molecule has 0 radical (unpaired) electrons. The van der Waals surface area contributed by atoms with Gasteiger partial charge in [0.15, 0.2) is 0 Å². The molecular formula is C12H15NO4. The van der Waals surface area contributed by atoms with E-state index in [1.54, 1.807) is 12.1 Å². The molecule has 0 aliphatic heterocycles. The molecule has 0 unspecified atom stereocenters. The predicted octanol–water partition coefficient (Wildman–Crippen LogP) is 0.795. The molecule has 1 N–H and O–H groups in total. The Kier molecular flexibility index (Phi) is 7.93. The summed E-state index contributed by atoms with van der Waals surface area (Å²) in [7, 11) is 1.27. The van der Waals surface area contributed by atoms with Gasteiger partial charge >= 0.3 is 5.97 Å². The Morgan fingerprint density at radius 2 is 1.88 bits per heavy atom. The van der Waals surface area contributed by atoms with Gasteiger partial charge in [0.1, 0.15) is 12.8 Å². The van der Waals surface area contributed by atoms with Crippen LogP contribution < -0.4 is 5.32 Å². The highest BCUT2D eigenvalue weighted by atomic mass is 16.5. The summed E-state index contributed by atoms with van der Waals surface area (Å²) < 4.78 is 4.25. The maximum Gasteiger partial charge on any atom is 0.325 e. The van der Waals surface area contributed by atoms with E-state index in [1.165, 1.54) is 14.0 Å². The molecule has 1 aromatic rings. The number of carbonyl (C=O) groups is 3. The first-order valence-corrected chi connectivity index (χ1v) is 4.91. The Labute approximate surface area is 99.8 Å². The van der Waals surface area contributed by atoms with Crippen LogP contribution in [0.5, 0.6) is 0 Å². The Morgan fingerprint density at radius 3 is 2.24 bits per heavy atom. The average Bonchev–Trinajstić information content (AvgIpc) is 2.37. The average molecular weight is 237 g/mol. The third-order valence-electron chi connectivity index (χ3n) is 1.64. The number of hydrogen-bond donors (Lipinski definition) is 1. The predicted molar refractivity (Wildman–Crippen MR) is 62.5 cm³/mol. The Morgan fingerprint density at radius 1 is 1.29 bits per heavy atom. The molecule has 0 heterocycles. The summed E-state index contributed by atoms with van der Waals surface area (Å²) in [6.45, 7) is 1.29. The van der Waals surface area contributed by atoms with Crippen LogP contribution in [0.15, 0.2) is 30.3 Å². The van der Waals surface area contributed by atoms with Gasteiger partial charge in [-0.2, -0.15) is 0 Å². The van der Waals surface area contributed by atoms with Gasteiger partial charge in [0.2, 0.25) is 5.91 Å². The smallest absolute Gasteiger partial charge is 0.325 e. The van der Waals surface area contributed by atoms with Crippen LogP contribution in [0.3, 0.4) is 0 Å². The molecule has 0 aliphatic rings. The van der Waals surface area contributed by atoms with Crippen molar-refractivity contribution in [2.24, 2.45) is 0 Å². The van der Waals surface area contributed by atoms with E-state index in [-0.39, 0.29) is 12.5 Å². The molecule has 5 nitrogen and oxygen atoms in total. The quantitative estimate of drug-likeness (QED) is 0.623. The first-order chi connectivity index (χ1) is 8.10. The van der Waals surface area contributed by atoms with Crippen molar-refractivity contribution in [2.75, 3.05) is 13.7 Å². The number of aldehydes is 1. The van der Waals surface area contributed by atoms with Crippen molar-refractivity contribution < 1.29 is 19.1 Å². The lowest BCUT2D eigenvalue weighted by Gasteiger charge is -1.97. The molecule has 0 saturated heterocycles. The second-order valence-corrected chi connectivity index (χ2v) is 3.01. The van der Waals surface area contributed by atoms with Crippen LogP contribution in [0.4, 0.5) is 0 Å². The van der Waals surface area contributed by atoms with Gasteiger partial charge < -0.3 is 10.1 Å². The van der Waals surface area contributed by atoms with Crippen LogP contribution in [0, 0.1) is 0 Å². The maximum atomic E-state index is 10.3. The highest BCUT2D eigenvalue weighted by Crippen LogP contribution is 1.91. The van der Waals surface area contributed by atoms with Gasteiger partial charge in [0.05, 0.1) is 7.11 Å². The number of hydrogen-bond acceptors (Lipinski definition) is 4. The third kappa shape index (κ3) is 8.80. The van der Waals surface area contributed by atoms with Crippen LogP contribution in [0.25, 0.3) is 0 Å². The molecule has 5 heteroatoms. The lowest BCUT2D eigenvalue weighted by Crippen LogP contribution is -2.27. The number of methoxy groups -OCH3 is 1. The molecule has 0 atom stereocenters. The fraction of sp³-hybridized carbons (Fsp3) is 0.250. The summed E-state index contributed by atoms with van der Waals surface area (Å²) in [4.78, 5) is 30.4. The van der Waals surface area contributed by atoms with Gasteiger partial charge in [0.25, 0.3) is 0 Å². The number of carbonyl (C=O) groups excluding carboxylic acids is 3. The molecule has 0 aliphatic carbocycles. The molecule has 1 amide bonds. The number of benzene rings is 1. The maximum absolute atomic E-state index is 10.3. The summed E-state index contributed by atoms with van der Waals surface area (Å²) in [6, 6.07) is 9.10. The number of ether oxygens (including phenoxy) is 1. The highest BCUT2D eigenvalue weighted by molar-refractivity contribution is 5.80. The number of amides is 1. The van der Waals surface area contributed by atoms with E-state index in [2.05, 4.69) is 10.1 Å². The van der Waals surface area contributed by atoms with Crippen LogP contribution in [0.2, 0.25) is 0 Å². The minimum absolute atomic E-state index is 0.0498. The zero-order valence-electron chi connectivity index (χ0n) is 9.80. The Bertz CT molecular complexity index is 362. The number of nitrogens with one attached hydrogen (secondary N) is 1. The SMILES string of the molecule is COC(=O)CNC(C)=O.O=Cc1ccccc1. The molecule has 17 heavy (non-hydrogen) atoms. The summed E-state index contributed by atoms with van der Waals surface area (Å²) in [5.41, 5.74) is 0.729. The lowest BCUT2D eigenvalue weighted by atomic mass is 10.2. The summed E-state index contributed by atoms with van der Waals surface area (Å²) in [6.07, 6.45) is 0.833. The minimum atomic E-state index is -0.440. The van der Waals surface area contributed by atoms with Crippen molar-refractivity contribution in [1.29, 1.82) is 0 Å². The van der Waals surface area contributed by atoms with E-state index in [0.29, 0.717) is 0 Å². The van der Waals surface area contributed by atoms with Gasteiger partial charge in [0, 0.05) is 12.5 Å². The van der Waals surface area contributed by atoms with Crippen molar-refractivity contribution in [3.8, 4) is 0 Å². The van der Waals surface area contributed by atoms with E-state index >= 15 is 0 Å². The molecule has 0 bridgehead atoms. The van der Waals surface area contributed by atoms with E-state index in [9.17, 15) is 14.4 Å². The van der Waals surface area contributed by atoms with E-state index in [0.717, 1.165) is 11.8 Å². The molecule has 0 saturated carbocycles. The Balaban J connectivity index is 0.000000302. The lowest BCUT2D eigenvalue weighted by molar-refractivity contribution is -0.140. The van der Waals surface area contributed by atoms with Crippen LogP contribution >= 0.6 is 0 Å². The number of esters is 1. The molecule has 92 valence electrons. The van der Waals surface area contributed by atoms with Gasteiger partial charge in [-0.05, 0) is 0 Å². The molecule has 1 aromatic carbocycles. The van der Waals surface area contributed by atoms with Crippen LogP contribution in [0.1, 0.15) is 17.3 Å². The first kappa shape index (κ1) is 14.8. The molecule has 1 rings (SSSR count). The summed E-state index contributed by atoms with van der Waals surface area (Å²) in [5.74, 6) is -0.675. The molecule has 0 aromatic heterocycles. The second kappa shape index (κ2) is 9.08. The van der Waals surface area contributed by atoms with Gasteiger partial charge in [-0.15, -0.1) is 0 Å². The fourth-order valence-corrected chi connectivity index (χ4v) is 0.800. The van der Waals surface area contributed by atoms with Crippen molar-refractivity contribution in [3.63, 3.8) is 0 Å². The zero-order chi connectivity index (χ0) is 13.1. The third-order valence-corrected chi connectivity index (χ3v) is 1.64. The van der Waals surface area contributed by atoms with Gasteiger partial charge in [-0.25, -0.2) is 0 Å². The second-order valence-electron chi connectivity index (χ2n) is 3.01. The first-order valence-electron chi connectivity index (χ1n) is 4.91. The van der Waals surface area contributed by atoms with Crippen molar-refractivity contribution in [1.82, 2.24) is 5.32 Å². The van der Waals surface area contributed by atoms with Gasteiger partial charge in [-0.3, -0.25) is 14.4 Å². The highest BCUT2D eigenvalue weighted by Gasteiger charge is 1.98. The summed E-state index contributed by atoms with van der Waals surface area (Å²) in [5, 5.41) is 2.28. The van der Waals surface area contributed by atoms with E-state index in [1.807, 2.05) is 18.2 Å². The largest absolute Gasteiger partial charge is 0.468 e. The minimum Gasteiger partial charge on any atom is -0.468 e.